The summed E-state index contributed by atoms with van der Waals surface area (Å²) in [6.45, 7) is 7.60. The first-order chi connectivity index (χ1) is 5.95. The maximum absolute atomic E-state index is 11.1. The summed E-state index contributed by atoms with van der Waals surface area (Å²) >= 11 is 0. The second-order valence-corrected chi connectivity index (χ2v) is 3.84. The Labute approximate surface area is 80.3 Å². The molecular formula is C11H18O2. The number of ether oxygens (including phenoxy) is 1. The molecule has 0 saturated carbocycles. The minimum Gasteiger partial charge on any atom is -0.456 e. The zero-order valence-corrected chi connectivity index (χ0v) is 8.89. The molecule has 0 radical (unpaired) electrons. The van der Waals surface area contributed by atoms with E-state index in [4.69, 9.17) is 4.74 Å². The monoisotopic (exact) mass is 182 g/mol. The number of rotatable bonds is 3. The van der Waals surface area contributed by atoms with Crippen LogP contribution in [-0.2, 0) is 9.53 Å². The zero-order chi connectivity index (χ0) is 10.3. The van der Waals surface area contributed by atoms with Crippen LogP contribution in [0.4, 0.5) is 0 Å². The van der Waals surface area contributed by atoms with E-state index in [-0.39, 0.29) is 5.97 Å². The van der Waals surface area contributed by atoms with Crippen LogP contribution in [-0.4, -0.2) is 11.6 Å². The van der Waals surface area contributed by atoms with Crippen LogP contribution in [0.15, 0.2) is 17.9 Å². The van der Waals surface area contributed by atoms with Crippen molar-refractivity contribution in [2.75, 3.05) is 0 Å². The van der Waals surface area contributed by atoms with Crippen molar-refractivity contribution < 1.29 is 9.53 Å². The summed E-state index contributed by atoms with van der Waals surface area (Å²) in [5, 5.41) is 0. The van der Waals surface area contributed by atoms with E-state index in [2.05, 4.69) is 12.7 Å². The average molecular weight is 182 g/mol. The van der Waals surface area contributed by atoms with Gasteiger partial charge >= 0.3 is 5.97 Å². The molecule has 0 aromatic carbocycles. The van der Waals surface area contributed by atoms with Gasteiger partial charge in [-0.2, -0.15) is 0 Å². The predicted octanol–water partition coefficient (Wildman–Crippen LogP) is 2.84. The van der Waals surface area contributed by atoms with E-state index in [1.54, 1.807) is 0 Å². The van der Waals surface area contributed by atoms with Gasteiger partial charge in [-0.15, -0.1) is 5.73 Å². The molecule has 0 saturated heterocycles. The lowest BCUT2D eigenvalue weighted by Gasteiger charge is -2.17. The summed E-state index contributed by atoms with van der Waals surface area (Å²) in [4.78, 5) is 11.1. The molecule has 0 fully saturated rings. The molecule has 0 aliphatic heterocycles. The smallest absolute Gasteiger partial charge is 0.339 e. The largest absolute Gasteiger partial charge is 0.456 e. The fraction of sp³-hybridized carbons (Fsp3) is 0.636. The Hall–Kier alpha value is -1.01. The van der Waals surface area contributed by atoms with E-state index in [0.29, 0.717) is 0 Å². The SMILES string of the molecule is CCCC=C=CC(=O)OC(C)(C)C. The van der Waals surface area contributed by atoms with E-state index >= 15 is 0 Å². The van der Waals surface area contributed by atoms with Gasteiger partial charge in [0.2, 0.25) is 0 Å². The van der Waals surface area contributed by atoms with Crippen molar-refractivity contribution in [1.29, 1.82) is 0 Å². The van der Waals surface area contributed by atoms with Gasteiger partial charge < -0.3 is 4.74 Å². The number of unbranched alkanes of at least 4 members (excludes halogenated alkanes) is 1. The number of carbonyl (C=O) groups excluding carboxylic acids is 1. The molecule has 2 heteroatoms. The number of esters is 1. The van der Waals surface area contributed by atoms with Crippen LogP contribution in [0.5, 0.6) is 0 Å². The van der Waals surface area contributed by atoms with Crippen molar-refractivity contribution in [3.63, 3.8) is 0 Å². The standard InChI is InChI=1S/C11H18O2/c1-5-6-7-8-9-10(12)13-11(2,3)4/h7,9H,5-6H2,1-4H3. The first-order valence-electron chi connectivity index (χ1n) is 4.59. The molecule has 74 valence electrons. The predicted molar refractivity (Wildman–Crippen MR) is 53.4 cm³/mol. The van der Waals surface area contributed by atoms with E-state index in [0.717, 1.165) is 12.8 Å². The summed E-state index contributed by atoms with van der Waals surface area (Å²) in [5.74, 6) is -0.333. The molecule has 0 bridgehead atoms. The highest BCUT2D eigenvalue weighted by Crippen LogP contribution is 2.06. The number of hydrogen-bond donors (Lipinski definition) is 0. The van der Waals surface area contributed by atoms with Crippen LogP contribution in [0.25, 0.3) is 0 Å². The Morgan fingerprint density at radius 2 is 2.08 bits per heavy atom. The minimum absolute atomic E-state index is 0.333. The van der Waals surface area contributed by atoms with Crippen molar-refractivity contribution in [3.05, 3.63) is 17.9 Å². The van der Waals surface area contributed by atoms with Crippen molar-refractivity contribution in [2.45, 2.75) is 46.1 Å². The number of hydrogen-bond acceptors (Lipinski definition) is 2. The van der Waals surface area contributed by atoms with Crippen molar-refractivity contribution >= 4 is 5.97 Å². The van der Waals surface area contributed by atoms with Crippen molar-refractivity contribution in [3.8, 4) is 0 Å². The summed E-state index contributed by atoms with van der Waals surface area (Å²) < 4.78 is 5.04. The molecule has 0 unspecified atom stereocenters. The molecule has 2 nitrogen and oxygen atoms in total. The van der Waals surface area contributed by atoms with Gasteiger partial charge in [-0.05, 0) is 33.3 Å². The lowest BCUT2D eigenvalue weighted by Crippen LogP contribution is -2.22. The van der Waals surface area contributed by atoms with Gasteiger partial charge in [0.05, 0.1) is 6.08 Å². The topological polar surface area (TPSA) is 26.3 Å². The highest BCUT2D eigenvalue weighted by Gasteiger charge is 2.13. The summed E-state index contributed by atoms with van der Waals surface area (Å²) in [6, 6.07) is 0. The second-order valence-electron chi connectivity index (χ2n) is 3.84. The number of carbonyl (C=O) groups is 1. The Morgan fingerprint density at radius 3 is 2.54 bits per heavy atom. The molecule has 0 aromatic rings. The summed E-state index contributed by atoms with van der Waals surface area (Å²) in [7, 11) is 0. The molecule has 13 heavy (non-hydrogen) atoms. The summed E-state index contributed by atoms with van der Waals surface area (Å²) in [6.07, 6.45) is 5.18. The van der Waals surface area contributed by atoms with Gasteiger partial charge in [0.25, 0.3) is 0 Å². The molecule has 0 N–H and O–H groups in total. The Morgan fingerprint density at radius 1 is 1.46 bits per heavy atom. The molecule has 0 atom stereocenters. The van der Waals surface area contributed by atoms with Gasteiger partial charge in [0, 0.05) is 0 Å². The second kappa shape index (κ2) is 5.60. The Balaban J connectivity index is 3.94. The van der Waals surface area contributed by atoms with Crippen LogP contribution >= 0.6 is 0 Å². The third-order valence-electron chi connectivity index (χ3n) is 1.16. The van der Waals surface area contributed by atoms with E-state index in [1.807, 2.05) is 26.8 Å². The van der Waals surface area contributed by atoms with Crippen LogP contribution in [0.3, 0.4) is 0 Å². The van der Waals surface area contributed by atoms with E-state index in [9.17, 15) is 4.79 Å². The third kappa shape index (κ3) is 8.90. The van der Waals surface area contributed by atoms with E-state index < -0.39 is 5.60 Å². The molecule has 0 rings (SSSR count). The van der Waals surface area contributed by atoms with Crippen LogP contribution in [0.1, 0.15) is 40.5 Å². The van der Waals surface area contributed by atoms with Crippen LogP contribution in [0.2, 0.25) is 0 Å². The Bertz CT molecular complexity index is 215. The molecule has 0 aliphatic rings. The van der Waals surface area contributed by atoms with Gasteiger partial charge in [-0.3, -0.25) is 0 Å². The van der Waals surface area contributed by atoms with Crippen molar-refractivity contribution in [2.24, 2.45) is 0 Å². The fourth-order valence-corrected chi connectivity index (χ4v) is 0.686. The van der Waals surface area contributed by atoms with Crippen LogP contribution < -0.4 is 0 Å². The Kier molecular flexibility index (Phi) is 5.17. The average Bonchev–Trinajstić information content (AvgIpc) is 1.94. The van der Waals surface area contributed by atoms with Gasteiger partial charge in [-0.1, -0.05) is 13.3 Å². The van der Waals surface area contributed by atoms with Gasteiger partial charge in [0.15, 0.2) is 0 Å². The highest BCUT2D eigenvalue weighted by molar-refractivity contribution is 5.82. The third-order valence-corrected chi connectivity index (χ3v) is 1.16. The first-order valence-corrected chi connectivity index (χ1v) is 4.59. The van der Waals surface area contributed by atoms with E-state index in [1.165, 1.54) is 6.08 Å². The maximum atomic E-state index is 11.1. The molecule has 0 amide bonds. The van der Waals surface area contributed by atoms with Crippen LogP contribution in [0, 0.1) is 0 Å². The molecule has 0 aliphatic carbocycles. The first kappa shape index (κ1) is 12.0. The fourth-order valence-electron chi connectivity index (χ4n) is 0.686. The normalized spacial score (nSPS) is 10.2. The maximum Gasteiger partial charge on any atom is 0.339 e. The molecule has 0 spiro atoms. The van der Waals surface area contributed by atoms with Gasteiger partial charge in [-0.25, -0.2) is 4.79 Å². The molecule has 0 aromatic heterocycles. The van der Waals surface area contributed by atoms with Gasteiger partial charge in [0.1, 0.15) is 5.60 Å². The lowest BCUT2D eigenvalue weighted by atomic mass is 10.2. The zero-order valence-electron chi connectivity index (χ0n) is 8.89. The molecule has 0 heterocycles. The van der Waals surface area contributed by atoms with Crippen molar-refractivity contribution in [1.82, 2.24) is 0 Å². The molecular weight excluding hydrogens is 164 g/mol. The minimum atomic E-state index is -0.417. The highest BCUT2D eigenvalue weighted by atomic mass is 16.6. The quantitative estimate of drug-likeness (QED) is 0.381. The summed E-state index contributed by atoms with van der Waals surface area (Å²) in [5.41, 5.74) is 2.37. The lowest BCUT2D eigenvalue weighted by molar-refractivity contribution is -0.148.